The summed E-state index contributed by atoms with van der Waals surface area (Å²) in [6.45, 7) is 6.93. The van der Waals surface area contributed by atoms with Gasteiger partial charge in [-0.05, 0) is 19.8 Å². The van der Waals surface area contributed by atoms with Crippen LogP contribution in [-0.2, 0) is 9.53 Å². The first-order valence-electron chi connectivity index (χ1n) is 7.42. The summed E-state index contributed by atoms with van der Waals surface area (Å²) in [7, 11) is 0. The van der Waals surface area contributed by atoms with Gasteiger partial charge >= 0.3 is 12.0 Å². The topological polar surface area (TPSA) is 78.9 Å². The number of nitrogens with one attached hydrogen (secondary N) is 1. The molecule has 116 valence electrons. The summed E-state index contributed by atoms with van der Waals surface area (Å²) < 4.78 is 5.24. The molecule has 0 saturated carbocycles. The van der Waals surface area contributed by atoms with Gasteiger partial charge in [0.2, 0.25) is 0 Å². The summed E-state index contributed by atoms with van der Waals surface area (Å²) in [5.74, 6) is -1.54. The lowest BCUT2D eigenvalue weighted by molar-refractivity contribution is -0.142. The number of urea groups is 1. The van der Waals surface area contributed by atoms with Gasteiger partial charge in [0.25, 0.3) is 0 Å². The Morgan fingerprint density at radius 3 is 2.55 bits per heavy atom. The van der Waals surface area contributed by atoms with E-state index in [2.05, 4.69) is 12.2 Å². The van der Waals surface area contributed by atoms with Gasteiger partial charge < -0.3 is 20.1 Å². The Morgan fingerprint density at radius 2 is 2.05 bits per heavy atom. The highest BCUT2D eigenvalue weighted by atomic mass is 16.5. The molecule has 0 radical (unpaired) electrons. The molecule has 0 bridgehead atoms. The standard InChI is InChI=1S/C14H26N2O4/c1-4-7-10(5-2)15-14(19)16(6-3)12-9-20-8-11(12)13(17)18/h10-12H,4-9H2,1-3H3,(H,15,19)(H,17,18). The summed E-state index contributed by atoms with van der Waals surface area (Å²) in [5, 5.41) is 12.2. The number of carboxylic acids is 1. The number of aliphatic carboxylic acids is 1. The maximum absolute atomic E-state index is 12.3. The van der Waals surface area contributed by atoms with Gasteiger partial charge in [-0.25, -0.2) is 4.79 Å². The highest BCUT2D eigenvalue weighted by Crippen LogP contribution is 2.20. The summed E-state index contributed by atoms with van der Waals surface area (Å²) >= 11 is 0. The minimum Gasteiger partial charge on any atom is -0.481 e. The highest BCUT2D eigenvalue weighted by Gasteiger charge is 2.39. The molecule has 1 aliphatic heterocycles. The van der Waals surface area contributed by atoms with Crippen LogP contribution < -0.4 is 5.32 Å². The van der Waals surface area contributed by atoms with Crippen LogP contribution in [0, 0.1) is 5.92 Å². The third-order valence-electron chi connectivity index (χ3n) is 3.83. The SMILES string of the molecule is CCCC(CC)NC(=O)N(CC)C1COCC1C(=O)O. The third-order valence-corrected chi connectivity index (χ3v) is 3.83. The Bertz CT molecular complexity index is 335. The third kappa shape index (κ3) is 4.10. The van der Waals surface area contributed by atoms with Gasteiger partial charge in [-0.15, -0.1) is 0 Å². The first-order valence-corrected chi connectivity index (χ1v) is 7.42. The number of hydrogen-bond donors (Lipinski definition) is 2. The van der Waals surface area contributed by atoms with E-state index in [0.29, 0.717) is 13.2 Å². The normalized spacial score (nSPS) is 23.4. The number of likely N-dealkylation sites (N-methyl/N-ethyl adjacent to an activating group) is 1. The van der Waals surface area contributed by atoms with Crippen molar-refractivity contribution in [2.45, 2.75) is 52.1 Å². The van der Waals surface area contributed by atoms with E-state index in [0.717, 1.165) is 19.3 Å². The average Bonchev–Trinajstić information content (AvgIpc) is 2.88. The second kappa shape index (κ2) is 8.09. The van der Waals surface area contributed by atoms with Crippen molar-refractivity contribution in [3.05, 3.63) is 0 Å². The van der Waals surface area contributed by atoms with Gasteiger partial charge in [0.15, 0.2) is 0 Å². The lowest BCUT2D eigenvalue weighted by Crippen LogP contribution is -2.52. The van der Waals surface area contributed by atoms with Crippen LogP contribution >= 0.6 is 0 Å². The number of ether oxygens (including phenoxy) is 1. The zero-order chi connectivity index (χ0) is 15.1. The van der Waals surface area contributed by atoms with Gasteiger partial charge in [-0.1, -0.05) is 20.3 Å². The quantitative estimate of drug-likeness (QED) is 0.746. The molecule has 1 fully saturated rings. The van der Waals surface area contributed by atoms with Crippen LogP contribution in [0.4, 0.5) is 4.79 Å². The molecule has 0 aromatic heterocycles. The number of rotatable bonds is 7. The Kier molecular flexibility index (Phi) is 6.78. The number of amides is 2. The molecular formula is C14H26N2O4. The predicted molar refractivity (Wildman–Crippen MR) is 75.6 cm³/mol. The molecule has 3 unspecified atom stereocenters. The first-order chi connectivity index (χ1) is 9.54. The summed E-state index contributed by atoms with van der Waals surface area (Å²) in [4.78, 5) is 25.1. The minimum absolute atomic E-state index is 0.146. The zero-order valence-electron chi connectivity index (χ0n) is 12.6. The molecule has 1 rings (SSSR count). The molecule has 0 aliphatic carbocycles. The van der Waals surface area contributed by atoms with Crippen molar-refractivity contribution in [2.24, 2.45) is 5.92 Å². The maximum Gasteiger partial charge on any atom is 0.317 e. The molecule has 1 heterocycles. The molecule has 6 nitrogen and oxygen atoms in total. The van der Waals surface area contributed by atoms with Crippen molar-refractivity contribution in [3.8, 4) is 0 Å². The van der Waals surface area contributed by atoms with E-state index in [1.54, 1.807) is 4.90 Å². The second-order valence-electron chi connectivity index (χ2n) is 5.18. The van der Waals surface area contributed by atoms with Gasteiger partial charge in [-0.2, -0.15) is 0 Å². The monoisotopic (exact) mass is 286 g/mol. The fourth-order valence-corrected chi connectivity index (χ4v) is 2.60. The van der Waals surface area contributed by atoms with Gasteiger partial charge in [0.05, 0.1) is 19.3 Å². The van der Waals surface area contributed by atoms with E-state index in [-0.39, 0.29) is 24.7 Å². The summed E-state index contributed by atoms with van der Waals surface area (Å²) in [6, 6.07) is -0.418. The van der Waals surface area contributed by atoms with Crippen molar-refractivity contribution < 1.29 is 19.4 Å². The lowest BCUT2D eigenvalue weighted by atomic mass is 10.0. The molecule has 3 atom stereocenters. The molecule has 20 heavy (non-hydrogen) atoms. The Morgan fingerprint density at radius 1 is 1.35 bits per heavy atom. The van der Waals surface area contributed by atoms with Gasteiger partial charge in [0, 0.05) is 12.6 Å². The predicted octanol–water partition coefficient (Wildman–Crippen LogP) is 1.70. The second-order valence-corrected chi connectivity index (χ2v) is 5.18. The largest absolute Gasteiger partial charge is 0.481 e. The Hall–Kier alpha value is -1.30. The van der Waals surface area contributed by atoms with Crippen LogP contribution in [-0.4, -0.2) is 53.8 Å². The molecule has 6 heteroatoms. The van der Waals surface area contributed by atoms with Crippen molar-refractivity contribution in [3.63, 3.8) is 0 Å². The van der Waals surface area contributed by atoms with E-state index in [4.69, 9.17) is 4.74 Å². The Labute approximate surface area is 120 Å². The van der Waals surface area contributed by atoms with Crippen LogP contribution in [0.2, 0.25) is 0 Å². The van der Waals surface area contributed by atoms with Crippen LogP contribution in [0.1, 0.15) is 40.0 Å². The van der Waals surface area contributed by atoms with E-state index >= 15 is 0 Å². The molecule has 0 aromatic rings. The molecule has 1 aliphatic rings. The van der Waals surface area contributed by atoms with Crippen molar-refractivity contribution in [1.82, 2.24) is 10.2 Å². The smallest absolute Gasteiger partial charge is 0.317 e. The fourth-order valence-electron chi connectivity index (χ4n) is 2.60. The average molecular weight is 286 g/mol. The van der Waals surface area contributed by atoms with Crippen LogP contribution in [0.15, 0.2) is 0 Å². The van der Waals surface area contributed by atoms with E-state index in [1.807, 2.05) is 13.8 Å². The number of nitrogens with zero attached hydrogens (tertiary/aromatic N) is 1. The van der Waals surface area contributed by atoms with E-state index in [9.17, 15) is 14.7 Å². The van der Waals surface area contributed by atoms with Gasteiger partial charge in [-0.3, -0.25) is 4.79 Å². The molecule has 0 aromatic carbocycles. The maximum atomic E-state index is 12.3. The molecule has 1 saturated heterocycles. The lowest BCUT2D eigenvalue weighted by Gasteiger charge is -2.31. The minimum atomic E-state index is -0.903. The number of hydrogen-bond acceptors (Lipinski definition) is 3. The number of carbonyl (C=O) groups is 2. The summed E-state index contributed by atoms with van der Waals surface area (Å²) in [5.41, 5.74) is 0. The molecule has 2 amide bonds. The molecule has 0 spiro atoms. The highest BCUT2D eigenvalue weighted by molar-refractivity contribution is 5.77. The first kappa shape index (κ1) is 16.8. The van der Waals surface area contributed by atoms with Crippen LogP contribution in [0.25, 0.3) is 0 Å². The molecular weight excluding hydrogens is 260 g/mol. The van der Waals surface area contributed by atoms with Crippen LogP contribution in [0.5, 0.6) is 0 Å². The van der Waals surface area contributed by atoms with Crippen LogP contribution in [0.3, 0.4) is 0 Å². The van der Waals surface area contributed by atoms with Crippen molar-refractivity contribution in [1.29, 1.82) is 0 Å². The fraction of sp³-hybridized carbons (Fsp3) is 0.857. The summed E-state index contributed by atoms with van der Waals surface area (Å²) in [6.07, 6.45) is 2.82. The van der Waals surface area contributed by atoms with Gasteiger partial charge in [0.1, 0.15) is 5.92 Å². The Balaban J connectivity index is 2.69. The van der Waals surface area contributed by atoms with E-state index < -0.39 is 11.9 Å². The zero-order valence-corrected chi connectivity index (χ0v) is 12.6. The molecule has 2 N–H and O–H groups in total. The van der Waals surface area contributed by atoms with Crippen molar-refractivity contribution in [2.75, 3.05) is 19.8 Å². The van der Waals surface area contributed by atoms with Crippen molar-refractivity contribution >= 4 is 12.0 Å². The number of carboxylic acid groups (broad SMARTS) is 1. The number of carbonyl (C=O) groups excluding carboxylic acids is 1. The van der Waals surface area contributed by atoms with E-state index in [1.165, 1.54) is 0 Å².